The van der Waals surface area contributed by atoms with Crippen molar-refractivity contribution >= 4 is 29.3 Å². The summed E-state index contributed by atoms with van der Waals surface area (Å²) in [5, 5.41) is 8.92. The molecule has 2 bridgehead atoms. The van der Waals surface area contributed by atoms with Crippen molar-refractivity contribution in [2.75, 3.05) is 0 Å². The first kappa shape index (κ1) is 13.2. The van der Waals surface area contributed by atoms with Crippen LogP contribution in [-0.4, -0.2) is 24.0 Å². The van der Waals surface area contributed by atoms with Crippen molar-refractivity contribution in [1.29, 1.82) is 0 Å². The summed E-state index contributed by atoms with van der Waals surface area (Å²) in [5.41, 5.74) is 0.726. The number of hydrogen-bond acceptors (Lipinski definition) is 3. The minimum Gasteiger partial charge on any atom is -0.348 e. The molecule has 1 amide bonds. The van der Waals surface area contributed by atoms with E-state index in [1.165, 1.54) is 12.8 Å². The highest BCUT2D eigenvalue weighted by Gasteiger charge is 2.39. The molecule has 2 aromatic carbocycles. The van der Waals surface area contributed by atoms with E-state index in [1.54, 1.807) is 0 Å². The lowest BCUT2D eigenvalue weighted by molar-refractivity contribution is 0.0931. The van der Waals surface area contributed by atoms with E-state index in [2.05, 4.69) is 23.3 Å². The van der Waals surface area contributed by atoms with E-state index in [1.807, 2.05) is 36.4 Å². The Labute approximate surface area is 129 Å². The molecule has 2 N–H and O–H groups in total. The predicted octanol–water partition coefficient (Wildman–Crippen LogP) is 2.75. The van der Waals surface area contributed by atoms with Gasteiger partial charge in [-0.3, -0.25) is 4.79 Å². The molecule has 0 aliphatic carbocycles. The summed E-state index contributed by atoms with van der Waals surface area (Å²) in [6.07, 6.45) is 3.48. The van der Waals surface area contributed by atoms with Gasteiger partial charge in [0.05, 0.1) is 0 Å². The third-order valence-electron chi connectivity index (χ3n) is 4.70. The maximum Gasteiger partial charge on any atom is 0.251 e. The molecular formula is C17H18N2OS. The molecule has 108 valence electrons. The van der Waals surface area contributed by atoms with Gasteiger partial charge in [0, 0.05) is 28.6 Å². The number of carbonyl (C=O) groups is 1. The molecule has 21 heavy (non-hydrogen) atoms. The Morgan fingerprint density at radius 1 is 1.14 bits per heavy atom. The molecule has 2 aliphatic heterocycles. The Morgan fingerprint density at radius 2 is 2.00 bits per heavy atom. The zero-order valence-electron chi connectivity index (χ0n) is 11.7. The van der Waals surface area contributed by atoms with Gasteiger partial charge in [-0.05, 0) is 54.3 Å². The van der Waals surface area contributed by atoms with Crippen LogP contribution < -0.4 is 10.6 Å². The van der Waals surface area contributed by atoms with Crippen LogP contribution in [0.3, 0.4) is 0 Å². The molecule has 0 spiro atoms. The van der Waals surface area contributed by atoms with E-state index in [-0.39, 0.29) is 11.9 Å². The number of rotatable bonds is 2. The summed E-state index contributed by atoms with van der Waals surface area (Å²) >= 11 is 4.36. The summed E-state index contributed by atoms with van der Waals surface area (Å²) in [7, 11) is 0. The molecule has 2 aromatic rings. The second kappa shape index (κ2) is 5.04. The quantitative estimate of drug-likeness (QED) is 0.746. The second-order valence-electron chi connectivity index (χ2n) is 6.11. The zero-order valence-corrected chi connectivity index (χ0v) is 12.6. The Bertz CT molecular complexity index is 715. The first-order chi connectivity index (χ1) is 10.2. The molecule has 4 rings (SSSR count). The highest BCUT2D eigenvalue weighted by Crippen LogP contribution is 2.28. The summed E-state index contributed by atoms with van der Waals surface area (Å²) in [6, 6.07) is 13.2. The number of hydrogen-bond donors (Lipinski definition) is 3. The lowest BCUT2D eigenvalue weighted by Gasteiger charge is -2.21. The molecule has 2 saturated heterocycles. The largest absolute Gasteiger partial charge is 0.348 e. The standard InChI is InChI=1S/C17H18N2OS/c20-17(19-16-9-13-4-6-15(16)18-13)11-2-1-10-3-5-14(21)8-12(10)7-11/h1-3,5,7-8,13,15-16,18,21H,4,6,9H2,(H,19,20)/t13-,15+,16-/m1/s1. The molecule has 3 nitrogen and oxygen atoms in total. The molecule has 4 heteroatoms. The minimum absolute atomic E-state index is 0.0285. The Hall–Kier alpha value is -1.52. The molecular weight excluding hydrogens is 280 g/mol. The van der Waals surface area contributed by atoms with Gasteiger partial charge in [-0.2, -0.15) is 0 Å². The fourth-order valence-corrected chi connectivity index (χ4v) is 3.82. The van der Waals surface area contributed by atoms with Gasteiger partial charge in [0.15, 0.2) is 0 Å². The molecule has 0 aromatic heterocycles. The zero-order chi connectivity index (χ0) is 14.4. The monoisotopic (exact) mass is 298 g/mol. The number of amides is 1. The van der Waals surface area contributed by atoms with Crippen molar-refractivity contribution < 1.29 is 4.79 Å². The second-order valence-corrected chi connectivity index (χ2v) is 6.63. The topological polar surface area (TPSA) is 41.1 Å². The first-order valence-corrected chi connectivity index (χ1v) is 7.93. The Kier molecular flexibility index (Phi) is 3.16. The van der Waals surface area contributed by atoms with Crippen molar-refractivity contribution in [2.24, 2.45) is 0 Å². The molecule has 2 fully saturated rings. The smallest absolute Gasteiger partial charge is 0.251 e. The van der Waals surface area contributed by atoms with Gasteiger partial charge < -0.3 is 10.6 Å². The number of carbonyl (C=O) groups excluding carboxylic acids is 1. The summed E-state index contributed by atoms with van der Waals surface area (Å²) in [4.78, 5) is 13.4. The lowest BCUT2D eigenvalue weighted by Crippen LogP contribution is -2.42. The van der Waals surface area contributed by atoms with Gasteiger partial charge >= 0.3 is 0 Å². The van der Waals surface area contributed by atoms with Crippen LogP contribution in [-0.2, 0) is 0 Å². The van der Waals surface area contributed by atoms with Gasteiger partial charge in [-0.15, -0.1) is 12.6 Å². The van der Waals surface area contributed by atoms with Gasteiger partial charge in [-0.25, -0.2) is 0 Å². The maximum absolute atomic E-state index is 12.4. The van der Waals surface area contributed by atoms with Crippen molar-refractivity contribution in [3.63, 3.8) is 0 Å². The Balaban J connectivity index is 1.56. The molecule has 2 heterocycles. The van der Waals surface area contributed by atoms with E-state index in [0.717, 1.165) is 27.7 Å². The van der Waals surface area contributed by atoms with Crippen LogP contribution in [0.25, 0.3) is 10.8 Å². The third-order valence-corrected chi connectivity index (χ3v) is 4.98. The minimum atomic E-state index is 0.0285. The van der Waals surface area contributed by atoms with E-state index in [9.17, 15) is 4.79 Å². The fourth-order valence-electron chi connectivity index (χ4n) is 3.61. The highest BCUT2D eigenvalue weighted by molar-refractivity contribution is 7.80. The SMILES string of the molecule is O=C(N[C@@H]1C[C@H]2CC[C@@H]1N2)c1ccc2ccc(S)cc2c1. The third kappa shape index (κ3) is 2.43. The van der Waals surface area contributed by atoms with Crippen LogP contribution in [0, 0.1) is 0 Å². The number of benzene rings is 2. The van der Waals surface area contributed by atoms with Gasteiger partial charge in [-0.1, -0.05) is 12.1 Å². The predicted molar refractivity (Wildman–Crippen MR) is 87.0 cm³/mol. The summed E-state index contributed by atoms with van der Waals surface area (Å²) in [5.74, 6) is 0.0285. The van der Waals surface area contributed by atoms with Gasteiger partial charge in [0.2, 0.25) is 0 Å². The average molecular weight is 298 g/mol. The van der Waals surface area contributed by atoms with Crippen molar-refractivity contribution in [3.8, 4) is 0 Å². The van der Waals surface area contributed by atoms with E-state index >= 15 is 0 Å². The number of thiol groups is 1. The highest BCUT2D eigenvalue weighted by atomic mass is 32.1. The van der Waals surface area contributed by atoms with Crippen LogP contribution in [0.1, 0.15) is 29.6 Å². The van der Waals surface area contributed by atoms with Crippen LogP contribution in [0.15, 0.2) is 41.3 Å². The molecule has 0 radical (unpaired) electrons. The molecule has 0 saturated carbocycles. The van der Waals surface area contributed by atoms with Crippen LogP contribution >= 0.6 is 12.6 Å². The lowest BCUT2D eigenvalue weighted by atomic mass is 9.95. The summed E-state index contributed by atoms with van der Waals surface area (Å²) in [6.45, 7) is 0. The Morgan fingerprint density at radius 3 is 2.76 bits per heavy atom. The molecule has 0 unspecified atom stereocenters. The number of nitrogens with one attached hydrogen (secondary N) is 2. The van der Waals surface area contributed by atoms with Crippen LogP contribution in [0.5, 0.6) is 0 Å². The number of fused-ring (bicyclic) bond motifs is 3. The van der Waals surface area contributed by atoms with E-state index in [4.69, 9.17) is 0 Å². The van der Waals surface area contributed by atoms with Gasteiger partial charge in [0.1, 0.15) is 0 Å². The van der Waals surface area contributed by atoms with Gasteiger partial charge in [0.25, 0.3) is 5.91 Å². The van der Waals surface area contributed by atoms with Crippen LogP contribution in [0.2, 0.25) is 0 Å². The van der Waals surface area contributed by atoms with Crippen LogP contribution in [0.4, 0.5) is 0 Å². The summed E-state index contributed by atoms with van der Waals surface area (Å²) < 4.78 is 0. The van der Waals surface area contributed by atoms with E-state index < -0.39 is 0 Å². The van der Waals surface area contributed by atoms with Crippen molar-refractivity contribution in [1.82, 2.24) is 10.6 Å². The van der Waals surface area contributed by atoms with Crippen molar-refractivity contribution in [3.05, 3.63) is 42.0 Å². The molecule has 2 aliphatic rings. The molecule has 3 atom stereocenters. The fraction of sp³-hybridized carbons (Fsp3) is 0.353. The van der Waals surface area contributed by atoms with E-state index in [0.29, 0.717) is 12.1 Å². The first-order valence-electron chi connectivity index (χ1n) is 7.49. The average Bonchev–Trinajstić information content (AvgIpc) is 3.09. The normalized spacial score (nSPS) is 27.2. The maximum atomic E-state index is 12.4. The van der Waals surface area contributed by atoms with Crippen molar-refractivity contribution in [2.45, 2.75) is 42.3 Å².